The molecule has 1 spiro atoms. The summed E-state index contributed by atoms with van der Waals surface area (Å²) in [6.07, 6.45) is 12.6. The quantitative estimate of drug-likeness (QED) is 0.560. The summed E-state index contributed by atoms with van der Waals surface area (Å²) >= 11 is 0. The largest absolute Gasteiger partial charge is 0.338 e. The van der Waals surface area contributed by atoms with Crippen LogP contribution in [-0.4, -0.2) is 23.8 Å². The third kappa shape index (κ3) is 4.82. The topological polar surface area (TPSA) is 35.5 Å². The lowest BCUT2D eigenvalue weighted by molar-refractivity contribution is -0.258. The van der Waals surface area contributed by atoms with E-state index in [0.717, 1.165) is 30.4 Å². The van der Waals surface area contributed by atoms with Gasteiger partial charge < -0.3 is 9.47 Å². The van der Waals surface area contributed by atoms with Gasteiger partial charge in [-0.15, -0.1) is 0 Å². The van der Waals surface area contributed by atoms with Crippen LogP contribution in [0.2, 0.25) is 0 Å². The van der Waals surface area contributed by atoms with Crippen LogP contribution in [0.4, 0.5) is 0 Å². The van der Waals surface area contributed by atoms with Gasteiger partial charge in [-0.1, -0.05) is 41.0 Å². The van der Waals surface area contributed by atoms with E-state index in [9.17, 15) is 4.79 Å². The van der Waals surface area contributed by atoms with E-state index in [4.69, 9.17) is 9.47 Å². The maximum Gasteiger partial charge on any atom is 0.193 e. The minimum Gasteiger partial charge on any atom is -0.338 e. The van der Waals surface area contributed by atoms with Crippen molar-refractivity contribution < 1.29 is 14.3 Å². The lowest BCUT2D eigenvalue weighted by atomic mass is 9.77. The maximum atomic E-state index is 12.1. The molecule has 152 valence electrons. The fourth-order valence-electron chi connectivity index (χ4n) is 4.47. The Morgan fingerprint density at radius 2 is 2.00 bits per heavy atom. The van der Waals surface area contributed by atoms with E-state index >= 15 is 0 Å². The van der Waals surface area contributed by atoms with Crippen molar-refractivity contribution in [3.8, 4) is 0 Å². The molecule has 3 rings (SSSR count). The van der Waals surface area contributed by atoms with Gasteiger partial charge in [0.25, 0.3) is 0 Å². The first kappa shape index (κ1) is 21.0. The second kappa shape index (κ2) is 8.34. The summed E-state index contributed by atoms with van der Waals surface area (Å²) in [4.78, 5) is 12.1. The molecule has 0 aromatic carbocycles. The molecule has 0 N–H and O–H groups in total. The third-order valence-electron chi connectivity index (χ3n) is 5.89. The van der Waals surface area contributed by atoms with E-state index in [1.165, 1.54) is 16.7 Å². The zero-order valence-corrected chi connectivity index (χ0v) is 18.0. The normalized spacial score (nSPS) is 33.3. The van der Waals surface area contributed by atoms with Gasteiger partial charge in [-0.2, -0.15) is 0 Å². The molecule has 0 unspecified atom stereocenters. The Kier molecular flexibility index (Phi) is 6.26. The fourth-order valence-corrected chi connectivity index (χ4v) is 4.47. The Balaban J connectivity index is 1.77. The van der Waals surface area contributed by atoms with Crippen LogP contribution in [0.3, 0.4) is 0 Å². The Labute approximate surface area is 169 Å². The predicted octanol–water partition coefficient (Wildman–Crippen LogP) is 5.99. The van der Waals surface area contributed by atoms with Crippen LogP contribution >= 0.6 is 0 Å². The van der Waals surface area contributed by atoms with Crippen LogP contribution < -0.4 is 0 Å². The van der Waals surface area contributed by atoms with E-state index < -0.39 is 5.79 Å². The van der Waals surface area contributed by atoms with Crippen molar-refractivity contribution >= 4 is 5.78 Å². The monoisotopic (exact) mass is 382 g/mol. The molecule has 28 heavy (non-hydrogen) atoms. The third-order valence-corrected chi connectivity index (χ3v) is 5.89. The van der Waals surface area contributed by atoms with E-state index in [0.29, 0.717) is 12.8 Å². The molecule has 3 nitrogen and oxygen atoms in total. The van der Waals surface area contributed by atoms with Crippen LogP contribution in [0, 0.1) is 5.92 Å². The highest BCUT2D eigenvalue weighted by molar-refractivity contribution is 5.96. The summed E-state index contributed by atoms with van der Waals surface area (Å²) in [5.41, 5.74) is 5.83. The first-order valence-electron chi connectivity index (χ1n) is 10.4. The molecule has 0 saturated carbocycles. The van der Waals surface area contributed by atoms with E-state index in [1.807, 2.05) is 13.0 Å². The van der Waals surface area contributed by atoms with Crippen LogP contribution in [0.25, 0.3) is 0 Å². The van der Waals surface area contributed by atoms with Gasteiger partial charge in [-0.3, -0.25) is 4.79 Å². The molecule has 0 radical (unpaired) electrons. The lowest BCUT2D eigenvalue weighted by Gasteiger charge is -2.47. The van der Waals surface area contributed by atoms with Gasteiger partial charge >= 0.3 is 0 Å². The standard InChI is InChI=1S/C25H34O3/c1-16(2)8-7-9-17(3)10-21-11-18(4)14-25(27-21)15-20(6)22-13-23(26)19(5)12-24(22)28-25/h8,10,12,14,21-22,24H,6-7,9,11,13,15H2,1-5H3/b17-10+/t21-,22-,24-,25+/m1/s1. The highest BCUT2D eigenvalue weighted by Gasteiger charge is 2.47. The van der Waals surface area contributed by atoms with Crippen molar-refractivity contribution in [2.24, 2.45) is 5.92 Å². The maximum absolute atomic E-state index is 12.1. The number of hydrogen-bond acceptors (Lipinski definition) is 3. The Morgan fingerprint density at radius 3 is 2.71 bits per heavy atom. The van der Waals surface area contributed by atoms with Gasteiger partial charge in [0.05, 0.1) is 12.2 Å². The number of allylic oxidation sites excluding steroid dienone is 4. The van der Waals surface area contributed by atoms with Gasteiger partial charge in [-0.05, 0) is 71.6 Å². The van der Waals surface area contributed by atoms with Gasteiger partial charge in [0.2, 0.25) is 0 Å². The molecule has 1 fully saturated rings. The second-order valence-corrected chi connectivity index (χ2v) is 9.00. The number of rotatable bonds is 4. The van der Waals surface area contributed by atoms with Gasteiger partial charge in [-0.25, -0.2) is 0 Å². The molecular weight excluding hydrogens is 348 g/mol. The van der Waals surface area contributed by atoms with Crippen molar-refractivity contribution in [1.29, 1.82) is 0 Å². The summed E-state index contributed by atoms with van der Waals surface area (Å²) in [6, 6.07) is 0. The summed E-state index contributed by atoms with van der Waals surface area (Å²) in [7, 11) is 0. The van der Waals surface area contributed by atoms with Crippen molar-refractivity contribution in [2.45, 2.75) is 84.7 Å². The minimum absolute atomic E-state index is 0.0105. The number of ether oxygens (including phenoxy) is 2. The highest BCUT2D eigenvalue weighted by Crippen LogP contribution is 2.45. The first-order valence-corrected chi connectivity index (χ1v) is 10.4. The molecule has 0 aromatic rings. The zero-order valence-electron chi connectivity index (χ0n) is 18.0. The van der Waals surface area contributed by atoms with Crippen LogP contribution in [0.15, 0.2) is 58.7 Å². The van der Waals surface area contributed by atoms with Gasteiger partial charge in [0.1, 0.15) is 0 Å². The van der Waals surface area contributed by atoms with Crippen LogP contribution in [0.5, 0.6) is 0 Å². The Hall–Kier alpha value is -1.71. The number of fused-ring (bicyclic) bond motifs is 1. The lowest BCUT2D eigenvalue weighted by Crippen LogP contribution is -2.50. The molecular formula is C25H34O3. The van der Waals surface area contributed by atoms with Crippen LogP contribution in [-0.2, 0) is 14.3 Å². The van der Waals surface area contributed by atoms with Gasteiger partial charge in [0.15, 0.2) is 11.6 Å². The van der Waals surface area contributed by atoms with Crippen molar-refractivity contribution in [2.75, 3.05) is 0 Å². The molecule has 3 heteroatoms. The number of hydrogen-bond donors (Lipinski definition) is 0. The minimum atomic E-state index is -0.765. The molecule has 2 aliphatic heterocycles. The summed E-state index contributed by atoms with van der Waals surface area (Å²) in [5.74, 6) is -0.495. The Morgan fingerprint density at radius 1 is 1.25 bits per heavy atom. The molecule has 0 bridgehead atoms. The second-order valence-electron chi connectivity index (χ2n) is 9.00. The van der Waals surface area contributed by atoms with Crippen molar-refractivity contribution in [1.82, 2.24) is 0 Å². The van der Waals surface area contributed by atoms with Crippen molar-refractivity contribution in [3.05, 3.63) is 58.7 Å². The zero-order chi connectivity index (χ0) is 20.5. The average Bonchev–Trinajstić information content (AvgIpc) is 2.55. The number of carbonyl (C=O) groups is 1. The highest BCUT2D eigenvalue weighted by atomic mass is 16.7. The predicted molar refractivity (Wildman–Crippen MR) is 114 cm³/mol. The SMILES string of the molecule is C=C1C[C@]2(C=C(C)C[C@@H](/C=C(\C)CCC=C(C)C)O2)O[C@@H]2C=C(C)C(=O)C[C@H]12. The van der Waals surface area contributed by atoms with E-state index in [2.05, 4.69) is 52.5 Å². The van der Waals surface area contributed by atoms with Crippen molar-refractivity contribution in [3.63, 3.8) is 0 Å². The molecule has 2 heterocycles. The molecule has 0 amide bonds. The first-order chi connectivity index (χ1) is 13.2. The molecule has 1 aliphatic carbocycles. The van der Waals surface area contributed by atoms with E-state index in [-0.39, 0.29) is 23.9 Å². The van der Waals surface area contributed by atoms with Crippen LogP contribution in [0.1, 0.15) is 66.7 Å². The Bertz CT molecular complexity index is 776. The number of carbonyl (C=O) groups excluding carboxylic acids is 1. The van der Waals surface area contributed by atoms with Gasteiger partial charge in [0, 0.05) is 18.8 Å². The summed E-state index contributed by atoms with van der Waals surface area (Å²) < 4.78 is 13.0. The van der Waals surface area contributed by atoms with E-state index in [1.54, 1.807) is 0 Å². The smallest absolute Gasteiger partial charge is 0.193 e. The molecule has 0 aromatic heterocycles. The summed E-state index contributed by atoms with van der Waals surface area (Å²) in [5, 5.41) is 0. The average molecular weight is 383 g/mol. The summed E-state index contributed by atoms with van der Waals surface area (Å²) in [6.45, 7) is 14.8. The molecule has 3 aliphatic rings. The molecule has 4 atom stereocenters. The fraction of sp³-hybridized carbons (Fsp3) is 0.560. The number of Topliss-reactive ketones (excluding diaryl/α,β-unsaturated/α-hetero) is 1. The number of ketones is 1. The molecule has 1 saturated heterocycles.